The van der Waals surface area contributed by atoms with Gasteiger partial charge in [-0.1, -0.05) is 23.8 Å². The third-order valence-corrected chi connectivity index (χ3v) is 5.74. The van der Waals surface area contributed by atoms with E-state index in [-0.39, 0.29) is 0 Å². The SMILES string of the molecule is COc1ccc(C)cc1CCNS(=O)(=O)c1cccs1. The molecule has 1 aromatic heterocycles. The minimum absolute atomic E-state index is 0.341. The fraction of sp³-hybridized carbons (Fsp3) is 0.286. The second-order valence-corrected chi connectivity index (χ2v) is 7.34. The Balaban J connectivity index is 2.02. The molecule has 2 aromatic rings. The lowest BCUT2D eigenvalue weighted by Crippen LogP contribution is -2.25. The first-order chi connectivity index (χ1) is 9.53. The van der Waals surface area contributed by atoms with Crippen molar-refractivity contribution >= 4 is 21.4 Å². The van der Waals surface area contributed by atoms with Crippen molar-refractivity contribution in [1.29, 1.82) is 0 Å². The topological polar surface area (TPSA) is 55.4 Å². The highest BCUT2D eigenvalue weighted by Gasteiger charge is 2.14. The van der Waals surface area contributed by atoms with Crippen LogP contribution in [0.2, 0.25) is 0 Å². The maximum Gasteiger partial charge on any atom is 0.250 e. The molecule has 0 radical (unpaired) electrons. The van der Waals surface area contributed by atoms with Crippen LogP contribution in [0, 0.1) is 6.92 Å². The first-order valence-electron chi connectivity index (χ1n) is 6.19. The Kier molecular flexibility index (Phi) is 4.80. The van der Waals surface area contributed by atoms with Gasteiger partial charge in [0.1, 0.15) is 9.96 Å². The minimum atomic E-state index is -3.39. The predicted octanol–water partition coefficient (Wildman–Crippen LogP) is 2.59. The Hall–Kier alpha value is -1.37. The summed E-state index contributed by atoms with van der Waals surface area (Å²) in [6, 6.07) is 9.21. The second kappa shape index (κ2) is 6.39. The Labute approximate surface area is 123 Å². The van der Waals surface area contributed by atoms with Crippen molar-refractivity contribution in [2.75, 3.05) is 13.7 Å². The van der Waals surface area contributed by atoms with Crippen molar-refractivity contribution < 1.29 is 13.2 Å². The Morgan fingerprint density at radius 3 is 2.75 bits per heavy atom. The number of hydrogen-bond donors (Lipinski definition) is 1. The smallest absolute Gasteiger partial charge is 0.250 e. The highest BCUT2D eigenvalue weighted by molar-refractivity contribution is 7.91. The maximum atomic E-state index is 12.0. The summed E-state index contributed by atoms with van der Waals surface area (Å²) in [6.07, 6.45) is 0.593. The van der Waals surface area contributed by atoms with E-state index in [4.69, 9.17) is 4.74 Å². The fourth-order valence-electron chi connectivity index (χ4n) is 1.91. The molecule has 0 unspecified atom stereocenters. The van der Waals surface area contributed by atoms with E-state index in [1.807, 2.05) is 25.1 Å². The van der Waals surface area contributed by atoms with Crippen LogP contribution in [0.1, 0.15) is 11.1 Å². The Morgan fingerprint density at radius 1 is 1.30 bits per heavy atom. The van der Waals surface area contributed by atoms with Gasteiger partial charge < -0.3 is 4.74 Å². The van der Waals surface area contributed by atoms with Gasteiger partial charge in [0.2, 0.25) is 10.0 Å². The van der Waals surface area contributed by atoms with Gasteiger partial charge in [0, 0.05) is 6.54 Å². The molecule has 1 N–H and O–H groups in total. The molecule has 1 aromatic carbocycles. The molecule has 0 aliphatic heterocycles. The van der Waals surface area contributed by atoms with Gasteiger partial charge in [-0.3, -0.25) is 0 Å². The van der Waals surface area contributed by atoms with Crippen LogP contribution in [0.25, 0.3) is 0 Å². The summed E-state index contributed by atoms with van der Waals surface area (Å²) in [7, 11) is -1.77. The monoisotopic (exact) mass is 311 g/mol. The van der Waals surface area contributed by atoms with Crippen LogP contribution in [0.3, 0.4) is 0 Å². The second-order valence-electron chi connectivity index (χ2n) is 4.40. The lowest BCUT2D eigenvalue weighted by Gasteiger charge is -2.10. The van der Waals surface area contributed by atoms with E-state index in [0.29, 0.717) is 17.2 Å². The first kappa shape index (κ1) is 15.0. The molecule has 0 amide bonds. The van der Waals surface area contributed by atoms with E-state index in [0.717, 1.165) is 16.9 Å². The number of rotatable bonds is 6. The van der Waals surface area contributed by atoms with Gasteiger partial charge in [-0.25, -0.2) is 13.1 Å². The van der Waals surface area contributed by atoms with Gasteiger partial charge in [-0.2, -0.15) is 0 Å². The number of nitrogens with one attached hydrogen (secondary N) is 1. The van der Waals surface area contributed by atoms with Crippen LogP contribution in [0.4, 0.5) is 0 Å². The summed E-state index contributed by atoms with van der Waals surface area (Å²) in [6.45, 7) is 2.35. The van der Waals surface area contributed by atoms with Gasteiger partial charge >= 0.3 is 0 Å². The van der Waals surface area contributed by atoms with Gasteiger partial charge in [-0.15, -0.1) is 11.3 Å². The van der Waals surface area contributed by atoms with E-state index in [2.05, 4.69) is 4.72 Å². The lowest BCUT2D eigenvalue weighted by molar-refractivity contribution is 0.409. The van der Waals surface area contributed by atoms with Crippen molar-refractivity contribution in [3.05, 3.63) is 46.8 Å². The van der Waals surface area contributed by atoms with E-state index in [9.17, 15) is 8.42 Å². The zero-order valence-electron chi connectivity index (χ0n) is 11.4. The average Bonchev–Trinajstić information content (AvgIpc) is 2.93. The Bertz CT molecular complexity index is 664. The molecule has 108 valence electrons. The number of hydrogen-bond acceptors (Lipinski definition) is 4. The number of sulfonamides is 1. The molecule has 4 nitrogen and oxygen atoms in total. The van der Waals surface area contributed by atoms with Gasteiger partial charge in [0.05, 0.1) is 7.11 Å². The van der Waals surface area contributed by atoms with Gasteiger partial charge in [0.15, 0.2) is 0 Å². The van der Waals surface area contributed by atoms with Crippen LogP contribution < -0.4 is 9.46 Å². The van der Waals surface area contributed by atoms with E-state index < -0.39 is 10.0 Å². The maximum absolute atomic E-state index is 12.0. The summed E-state index contributed by atoms with van der Waals surface area (Å²) >= 11 is 1.21. The molecule has 0 spiro atoms. The van der Waals surface area contributed by atoms with Crippen LogP contribution in [0.5, 0.6) is 5.75 Å². The molecular formula is C14H17NO3S2. The van der Waals surface area contributed by atoms with Crippen molar-refractivity contribution in [2.24, 2.45) is 0 Å². The number of benzene rings is 1. The number of methoxy groups -OCH3 is 1. The molecule has 0 saturated heterocycles. The minimum Gasteiger partial charge on any atom is -0.496 e. The third kappa shape index (κ3) is 3.59. The molecule has 0 bridgehead atoms. The molecular weight excluding hydrogens is 294 g/mol. The van der Waals surface area contributed by atoms with Crippen LogP contribution in [-0.4, -0.2) is 22.1 Å². The molecule has 0 saturated carbocycles. The standard InChI is InChI=1S/C14H17NO3S2/c1-11-5-6-13(18-2)12(10-11)7-8-15-20(16,17)14-4-3-9-19-14/h3-6,9-10,15H,7-8H2,1-2H3. The molecule has 2 rings (SSSR count). The summed E-state index contributed by atoms with van der Waals surface area (Å²) in [4.78, 5) is 0. The van der Waals surface area contributed by atoms with E-state index in [1.165, 1.54) is 11.3 Å². The molecule has 0 aliphatic carbocycles. The first-order valence-corrected chi connectivity index (χ1v) is 8.56. The van der Waals surface area contributed by atoms with Crippen molar-refractivity contribution in [2.45, 2.75) is 17.6 Å². The lowest BCUT2D eigenvalue weighted by atomic mass is 10.1. The van der Waals surface area contributed by atoms with E-state index >= 15 is 0 Å². The number of aryl methyl sites for hydroxylation is 1. The van der Waals surface area contributed by atoms with Gasteiger partial charge in [-0.05, 0) is 36.4 Å². The summed E-state index contributed by atoms with van der Waals surface area (Å²) in [5, 5.41) is 1.75. The van der Waals surface area contributed by atoms with Crippen molar-refractivity contribution in [1.82, 2.24) is 4.72 Å². The van der Waals surface area contributed by atoms with Crippen LogP contribution >= 0.6 is 11.3 Å². The van der Waals surface area contributed by atoms with Crippen molar-refractivity contribution in [3.8, 4) is 5.75 Å². The molecule has 6 heteroatoms. The average molecular weight is 311 g/mol. The van der Waals surface area contributed by atoms with Crippen LogP contribution in [-0.2, 0) is 16.4 Å². The Morgan fingerprint density at radius 2 is 2.10 bits per heavy atom. The molecule has 0 atom stereocenters. The van der Waals surface area contributed by atoms with Crippen molar-refractivity contribution in [3.63, 3.8) is 0 Å². The molecule has 0 fully saturated rings. The normalized spacial score (nSPS) is 11.5. The summed E-state index contributed by atoms with van der Waals surface area (Å²) in [5.74, 6) is 0.783. The molecule has 0 aliphatic rings. The molecule has 20 heavy (non-hydrogen) atoms. The van der Waals surface area contributed by atoms with E-state index in [1.54, 1.807) is 24.6 Å². The number of thiophene rings is 1. The zero-order valence-corrected chi connectivity index (χ0v) is 13.1. The zero-order chi connectivity index (χ0) is 14.6. The number of ether oxygens (including phenoxy) is 1. The quantitative estimate of drug-likeness (QED) is 0.892. The highest BCUT2D eigenvalue weighted by atomic mass is 32.2. The largest absolute Gasteiger partial charge is 0.496 e. The fourth-order valence-corrected chi connectivity index (χ4v) is 3.98. The summed E-state index contributed by atoms with van der Waals surface area (Å²) < 4.78 is 32.2. The predicted molar refractivity (Wildman–Crippen MR) is 80.9 cm³/mol. The highest BCUT2D eigenvalue weighted by Crippen LogP contribution is 2.20. The summed E-state index contributed by atoms with van der Waals surface area (Å²) in [5.41, 5.74) is 2.13. The van der Waals surface area contributed by atoms with Gasteiger partial charge in [0.25, 0.3) is 0 Å². The third-order valence-electron chi connectivity index (χ3n) is 2.88. The molecule has 1 heterocycles. The van der Waals surface area contributed by atoms with Crippen LogP contribution in [0.15, 0.2) is 39.9 Å².